The molecule has 0 aromatic heterocycles. The summed E-state index contributed by atoms with van der Waals surface area (Å²) in [7, 11) is 0. The standard InChI is InChI=1S/C5H2F9I/c6-2(4(9,10)11,5(12,13)14)1-3(7,8)15/h1H2. The van der Waals surface area contributed by atoms with Crippen molar-refractivity contribution in [3.05, 3.63) is 0 Å². The SMILES string of the molecule is FC(F)(I)CC(F)(C(F)(F)F)C(F)(F)F. The Morgan fingerprint density at radius 3 is 1.00 bits per heavy atom. The van der Waals surface area contributed by atoms with Crippen LogP contribution < -0.4 is 0 Å². The van der Waals surface area contributed by atoms with Gasteiger partial charge in [-0.3, -0.25) is 0 Å². The maximum atomic E-state index is 12.6. The van der Waals surface area contributed by atoms with Gasteiger partial charge < -0.3 is 0 Å². The Labute approximate surface area is 91.0 Å². The van der Waals surface area contributed by atoms with Crippen molar-refractivity contribution in [2.45, 2.75) is 28.4 Å². The maximum absolute atomic E-state index is 12.6. The fourth-order valence-electron chi connectivity index (χ4n) is 0.637. The topological polar surface area (TPSA) is 0 Å². The Balaban J connectivity index is 5.26. The smallest absolute Gasteiger partial charge is 0.223 e. The minimum Gasteiger partial charge on any atom is -0.223 e. The Hall–Kier alpha value is 0.100. The van der Waals surface area contributed by atoms with Gasteiger partial charge in [0.1, 0.15) is 0 Å². The molecule has 92 valence electrons. The van der Waals surface area contributed by atoms with Crippen LogP contribution in [-0.4, -0.2) is 22.0 Å². The van der Waals surface area contributed by atoms with E-state index in [2.05, 4.69) is 0 Å². The zero-order chi connectivity index (χ0) is 12.7. The normalized spacial score (nSPS) is 15.6. The van der Waals surface area contributed by atoms with Gasteiger partial charge in [-0.2, -0.15) is 35.1 Å². The summed E-state index contributed by atoms with van der Waals surface area (Å²) in [6.07, 6.45) is -15.9. The molecular formula is C5H2F9I. The lowest BCUT2D eigenvalue weighted by atomic mass is 10.0. The molecule has 0 bridgehead atoms. The molecule has 0 saturated heterocycles. The van der Waals surface area contributed by atoms with Crippen LogP contribution in [0.1, 0.15) is 6.42 Å². The minimum atomic E-state index is -6.43. The van der Waals surface area contributed by atoms with E-state index < -0.39 is 28.4 Å². The molecule has 0 fully saturated rings. The molecule has 0 aromatic rings. The van der Waals surface area contributed by atoms with Crippen LogP contribution in [0.4, 0.5) is 39.5 Å². The largest absolute Gasteiger partial charge is 0.431 e. The van der Waals surface area contributed by atoms with Crippen LogP contribution in [-0.2, 0) is 0 Å². The summed E-state index contributed by atoms with van der Waals surface area (Å²) in [6, 6.07) is 0. The first-order chi connectivity index (χ1) is 6.21. The zero-order valence-electron chi connectivity index (χ0n) is 6.49. The maximum Gasteiger partial charge on any atom is 0.431 e. The highest BCUT2D eigenvalue weighted by atomic mass is 127. The van der Waals surface area contributed by atoms with E-state index in [0.717, 1.165) is 0 Å². The lowest BCUT2D eigenvalue weighted by Gasteiger charge is -2.31. The van der Waals surface area contributed by atoms with Crippen LogP contribution in [0.25, 0.3) is 0 Å². The van der Waals surface area contributed by atoms with E-state index in [0.29, 0.717) is 0 Å². The molecule has 0 atom stereocenters. The van der Waals surface area contributed by atoms with E-state index in [4.69, 9.17) is 0 Å². The molecule has 0 saturated carbocycles. The highest BCUT2D eigenvalue weighted by Crippen LogP contribution is 2.52. The van der Waals surface area contributed by atoms with Crippen LogP contribution in [0.5, 0.6) is 0 Å². The summed E-state index contributed by atoms with van der Waals surface area (Å²) in [5, 5.41) is 0. The monoisotopic (exact) mass is 360 g/mol. The van der Waals surface area contributed by atoms with Gasteiger partial charge in [0.15, 0.2) is 0 Å². The molecule has 0 aromatic carbocycles. The van der Waals surface area contributed by atoms with Crippen molar-refractivity contribution in [1.82, 2.24) is 0 Å². The Kier molecular flexibility index (Phi) is 3.87. The minimum absolute atomic E-state index is 0.00850. The van der Waals surface area contributed by atoms with Crippen LogP contribution >= 0.6 is 22.6 Å². The number of halogens is 10. The molecule has 0 amide bonds. The van der Waals surface area contributed by atoms with Gasteiger partial charge in [-0.1, -0.05) is 0 Å². The highest BCUT2D eigenvalue weighted by Gasteiger charge is 2.74. The summed E-state index contributed by atoms with van der Waals surface area (Å²) in [5.41, 5.74) is -5.90. The van der Waals surface area contributed by atoms with Gasteiger partial charge >= 0.3 is 18.0 Å². The van der Waals surface area contributed by atoms with Crippen molar-refractivity contribution in [2.75, 3.05) is 0 Å². The second-order valence-electron chi connectivity index (χ2n) is 2.59. The average molecular weight is 360 g/mol. The molecule has 0 radical (unpaired) electrons. The van der Waals surface area contributed by atoms with Crippen molar-refractivity contribution in [3.8, 4) is 0 Å². The highest BCUT2D eigenvalue weighted by molar-refractivity contribution is 14.1. The van der Waals surface area contributed by atoms with Crippen LogP contribution in [0.15, 0.2) is 0 Å². The molecule has 0 unspecified atom stereocenters. The van der Waals surface area contributed by atoms with E-state index >= 15 is 0 Å². The molecule has 0 heterocycles. The molecule has 0 aliphatic rings. The van der Waals surface area contributed by atoms with E-state index in [1.165, 1.54) is 0 Å². The summed E-state index contributed by atoms with van der Waals surface area (Å²) in [5.74, 6) is 0. The van der Waals surface area contributed by atoms with Gasteiger partial charge in [0.2, 0.25) is 0 Å². The van der Waals surface area contributed by atoms with Gasteiger partial charge in [0.25, 0.3) is 3.93 Å². The molecule has 0 spiro atoms. The molecule has 0 rings (SSSR count). The lowest BCUT2D eigenvalue weighted by Crippen LogP contribution is -2.55. The Morgan fingerprint density at radius 1 is 0.667 bits per heavy atom. The summed E-state index contributed by atoms with van der Waals surface area (Å²) < 4.78 is 102. The summed E-state index contributed by atoms with van der Waals surface area (Å²) in [6.45, 7) is 0. The molecule has 10 heteroatoms. The van der Waals surface area contributed by atoms with Gasteiger partial charge in [-0.15, -0.1) is 0 Å². The first kappa shape index (κ1) is 15.1. The quantitative estimate of drug-likeness (QED) is 0.393. The molecule has 0 aliphatic carbocycles. The third kappa shape index (κ3) is 3.55. The third-order valence-corrected chi connectivity index (χ3v) is 1.72. The van der Waals surface area contributed by atoms with Crippen molar-refractivity contribution >= 4 is 22.6 Å². The van der Waals surface area contributed by atoms with Crippen molar-refractivity contribution in [1.29, 1.82) is 0 Å². The fraction of sp³-hybridized carbons (Fsp3) is 1.00. The first-order valence-corrected chi connectivity index (χ1v) is 4.18. The van der Waals surface area contributed by atoms with Gasteiger partial charge in [0, 0.05) is 0 Å². The van der Waals surface area contributed by atoms with Crippen LogP contribution in [0.2, 0.25) is 0 Å². The molecule has 0 N–H and O–H groups in total. The van der Waals surface area contributed by atoms with Crippen molar-refractivity contribution in [3.63, 3.8) is 0 Å². The number of hydrogen-bond donors (Lipinski definition) is 0. The average Bonchev–Trinajstić information content (AvgIpc) is 1.77. The number of rotatable bonds is 2. The van der Waals surface area contributed by atoms with Crippen molar-refractivity contribution in [2.24, 2.45) is 0 Å². The zero-order valence-corrected chi connectivity index (χ0v) is 8.64. The van der Waals surface area contributed by atoms with Gasteiger partial charge in [-0.25, -0.2) is 4.39 Å². The molecule has 15 heavy (non-hydrogen) atoms. The number of alkyl halides is 10. The number of hydrogen-bond acceptors (Lipinski definition) is 0. The van der Waals surface area contributed by atoms with Gasteiger partial charge in [0.05, 0.1) is 6.42 Å². The Morgan fingerprint density at radius 2 is 0.933 bits per heavy atom. The third-order valence-electron chi connectivity index (χ3n) is 1.34. The van der Waals surface area contributed by atoms with E-state index in [9.17, 15) is 39.5 Å². The Bertz CT molecular complexity index is 206. The predicted molar refractivity (Wildman–Crippen MR) is 39.5 cm³/mol. The van der Waals surface area contributed by atoms with Gasteiger partial charge in [-0.05, 0) is 22.6 Å². The predicted octanol–water partition coefficient (Wildman–Crippen LogP) is 4.24. The van der Waals surface area contributed by atoms with Crippen LogP contribution in [0.3, 0.4) is 0 Å². The van der Waals surface area contributed by atoms with E-state index in [1.807, 2.05) is 0 Å². The molecule has 0 nitrogen and oxygen atoms in total. The fourth-order valence-corrected chi connectivity index (χ4v) is 1.16. The first-order valence-electron chi connectivity index (χ1n) is 3.10. The summed E-state index contributed by atoms with van der Waals surface area (Å²) in [4.78, 5) is 0. The lowest BCUT2D eigenvalue weighted by molar-refractivity contribution is -0.349. The summed E-state index contributed by atoms with van der Waals surface area (Å²) >= 11 is 0.00850. The molecule has 0 aliphatic heterocycles. The van der Waals surface area contributed by atoms with Crippen molar-refractivity contribution < 1.29 is 39.5 Å². The second kappa shape index (κ2) is 3.84. The van der Waals surface area contributed by atoms with E-state index in [-0.39, 0.29) is 22.6 Å². The van der Waals surface area contributed by atoms with E-state index in [1.54, 1.807) is 0 Å². The molecular weight excluding hydrogens is 358 g/mol. The second-order valence-corrected chi connectivity index (χ2v) is 4.17. The van der Waals surface area contributed by atoms with Crippen LogP contribution in [0, 0.1) is 0 Å².